The number of nitrogens with zero attached hydrogens (tertiary/aromatic N) is 6. The van der Waals surface area contributed by atoms with Crippen LogP contribution in [0.5, 0.6) is 0 Å². The lowest BCUT2D eigenvalue weighted by molar-refractivity contribution is 0.131. The highest BCUT2D eigenvalue weighted by Gasteiger charge is 2.34. The third kappa shape index (κ3) is 2.93. The summed E-state index contributed by atoms with van der Waals surface area (Å²) < 4.78 is 7.19. The van der Waals surface area contributed by atoms with Crippen LogP contribution in [0.15, 0.2) is 39.9 Å². The minimum absolute atomic E-state index is 0.133. The molecule has 8 nitrogen and oxygen atoms in total. The fourth-order valence-electron chi connectivity index (χ4n) is 4.30. The Morgan fingerprint density at radius 3 is 3.07 bits per heavy atom. The molecule has 0 saturated carbocycles. The topological polar surface area (TPSA) is 93.9 Å². The van der Waals surface area contributed by atoms with E-state index >= 15 is 0 Å². The van der Waals surface area contributed by atoms with E-state index in [1.54, 1.807) is 11.8 Å². The number of rotatable bonds is 3. The molecular weight excluding hydrogens is 354 g/mol. The van der Waals surface area contributed by atoms with E-state index in [0.717, 1.165) is 43.2 Å². The molecule has 3 atom stereocenters. The SMILES string of the molecule is COC1C=CC=C2c3nc(CN4CCC5=CCC(C)N=C5C4)nn3C(N)=NC21. The smallest absolute Gasteiger partial charge is 0.219 e. The molecule has 1 aromatic rings. The molecule has 2 N–H and O–H groups in total. The van der Waals surface area contributed by atoms with Crippen LogP contribution in [0.25, 0.3) is 5.57 Å². The average Bonchev–Trinajstić information content (AvgIpc) is 3.12. The molecule has 1 fully saturated rings. The average molecular weight is 379 g/mol. The maximum atomic E-state index is 6.18. The van der Waals surface area contributed by atoms with Gasteiger partial charge in [0, 0.05) is 25.8 Å². The van der Waals surface area contributed by atoms with Gasteiger partial charge in [0.15, 0.2) is 11.6 Å². The summed E-state index contributed by atoms with van der Waals surface area (Å²) in [6, 6.07) is 0.213. The Hall–Kier alpha value is -2.58. The van der Waals surface area contributed by atoms with Crippen molar-refractivity contribution in [2.75, 3.05) is 20.2 Å². The van der Waals surface area contributed by atoms with Gasteiger partial charge in [0.1, 0.15) is 12.1 Å². The van der Waals surface area contributed by atoms with Crippen LogP contribution in [-0.4, -0.2) is 69.7 Å². The third-order valence-corrected chi connectivity index (χ3v) is 5.76. The van der Waals surface area contributed by atoms with Gasteiger partial charge in [-0.15, -0.1) is 5.10 Å². The maximum absolute atomic E-state index is 6.18. The number of hydrogen-bond acceptors (Lipinski definition) is 7. The van der Waals surface area contributed by atoms with Gasteiger partial charge in [-0.2, -0.15) is 4.68 Å². The number of methoxy groups -OCH3 is 1. The van der Waals surface area contributed by atoms with Gasteiger partial charge >= 0.3 is 0 Å². The van der Waals surface area contributed by atoms with Gasteiger partial charge < -0.3 is 10.5 Å². The molecule has 8 heteroatoms. The third-order valence-electron chi connectivity index (χ3n) is 5.76. The first-order valence-electron chi connectivity index (χ1n) is 9.82. The highest BCUT2D eigenvalue weighted by atomic mass is 16.5. The van der Waals surface area contributed by atoms with Gasteiger partial charge in [-0.05, 0) is 25.3 Å². The summed E-state index contributed by atoms with van der Waals surface area (Å²) in [6.45, 7) is 4.69. The first-order chi connectivity index (χ1) is 13.6. The Balaban J connectivity index is 1.38. The van der Waals surface area contributed by atoms with E-state index in [4.69, 9.17) is 20.4 Å². The largest absolute Gasteiger partial charge is 0.375 e. The van der Waals surface area contributed by atoms with Gasteiger partial charge in [0.05, 0.1) is 18.3 Å². The minimum Gasteiger partial charge on any atom is -0.375 e. The van der Waals surface area contributed by atoms with Gasteiger partial charge in [-0.25, -0.2) is 9.98 Å². The summed E-state index contributed by atoms with van der Waals surface area (Å²) in [7, 11) is 1.68. The number of hydrogen-bond donors (Lipinski definition) is 1. The lowest BCUT2D eigenvalue weighted by atomic mass is 9.95. The zero-order valence-electron chi connectivity index (χ0n) is 16.2. The van der Waals surface area contributed by atoms with Crippen LogP contribution in [-0.2, 0) is 11.3 Å². The molecule has 3 aliphatic heterocycles. The molecule has 28 heavy (non-hydrogen) atoms. The number of likely N-dealkylation sites (tertiary alicyclic amines) is 1. The fraction of sp³-hybridized carbons (Fsp3) is 0.500. The number of dihydropyridines is 1. The number of aliphatic imine (C=N–C) groups is 2. The molecule has 0 radical (unpaired) electrons. The summed E-state index contributed by atoms with van der Waals surface area (Å²) in [4.78, 5) is 16.6. The second kappa shape index (κ2) is 6.79. The summed E-state index contributed by atoms with van der Waals surface area (Å²) >= 11 is 0. The van der Waals surface area contributed by atoms with E-state index in [9.17, 15) is 0 Å². The van der Waals surface area contributed by atoms with E-state index in [-0.39, 0.29) is 12.1 Å². The van der Waals surface area contributed by atoms with Crippen LogP contribution in [0.3, 0.4) is 0 Å². The van der Waals surface area contributed by atoms with Crippen LogP contribution >= 0.6 is 0 Å². The van der Waals surface area contributed by atoms with Crippen molar-refractivity contribution >= 4 is 17.2 Å². The molecule has 1 aliphatic carbocycles. The standard InChI is InChI=1S/C20H25N7O/c1-12-6-7-13-8-9-26(10-15(13)22-12)11-17-23-19-14-4-3-5-16(28-2)18(14)24-20(21)27(19)25-17/h3-5,7,12,16,18H,6,8-11H2,1-2H3,(H2,21,24). The Morgan fingerprint density at radius 2 is 2.21 bits per heavy atom. The molecule has 0 aromatic carbocycles. The number of allylic oxidation sites excluding steroid dienone is 2. The fourth-order valence-corrected chi connectivity index (χ4v) is 4.30. The lowest BCUT2D eigenvalue weighted by Gasteiger charge is -2.31. The van der Waals surface area contributed by atoms with E-state index < -0.39 is 0 Å². The Labute approximate surface area is 164 Å². The number of piperidine rings is 1. The molecule has 0 spiro atoms. The summed E-state index contributed by atoms with van der Waals surface area (Å²) in [5, 5.41) is 4.63. The van der Waals surface area contributed by atoms with Crippen molar-refractivity contribution in [3.8, 4) is 0 Å². The van der Waals surface area contributed by atoms with Gasteiger partial charge in [0.25, 0.3) is 0 Å². The first kappa shape index (κ1) is 17.5. The van der Waals surface area contributed by atoms with Crippen molar-refractivity contribution in [2.24, 2.45) is 15.7 Å². The van der Waals surface area contributed by atoms with E-state index in [1.807, 2.05) is 18.2 Å². The second-order valence-electron chi connectivity index (χ2n) is 7.75. The molecule has 1 aromatic heterocycles. The Kier molecular flexibility index (Phi) is 4.25. The minimum atomic E-state index is -0.166. The first-order valence-corrected chi connectivity index (χ1v) is 9.82. The molecule has 146 valence electrons. The quantitative estimate of drug-likeness (QED) is 0.850. The number of nitrogens with two attached hydrogens (primary N) is 1. The summed E-state index contributed by atoms with van der Waals surface area (Å²) in [6.07, 6.45) is 10.3. The zero-order valence-corrected chi connectivity index (χ0v) is 16.2. The summed E-state index contributed by atoms with van der Waals surface area (Å²) in [5.74, 6) is 1.89. The van der Waals surface area contributed by atoms with Crippen LogP contribution in [0.2, 0.25) is 0 Å². The zero-order chi connectivity index (χ0) is 19.3. The van der Waals surface area contributed by atoms with Gasteiger partial charge in [-0.3, -0.25) is 9.89 Å². The molecule has 1 saturated heterocycles. The van der Waals surface area contributed by atoms with Gasteiger partial charge in [-0.1, -0.05) is 24.3 Å². The molecule has 3 unspecified atom stereocenters. The van der Waals surface area contributed by atoms with Crippen LogP contribution in [0.4, 0.5) is 0 Å². The second-order valence-corrected chi connectivity index (χ2v) is 7.75. The summed E-state index contributed by atoms with van der Waals surface area (Å²) in [5.41, 5.74) is 9.81. The maximum Gasteiger partial charge on any atom is 0.219 e. The normalized spacial score (nSPS) is 29.1. The van der Waals surface area contributed by atoms with Crippen molar-refractivity contribution in [2.45, 2.75) is 44.5 Å². The highest BCUT2D eigenvalue weighted by Crippen LogP contribution is 2.30. The van der Waals surface area contributed by atoms with Crippen LogP contribution < -0.4 is 5.73 Å². The highest BCUT2D eigenvalue weighted by molar-refractivity contribution is 6.03. The number of aromatic nitrogens is 3. The number of fused-ring (bicyclic) bond motifs is 4. The molecule has 0 amide bonds. The van der Waals surface area contributed by atoms with Crippen molar-refractivity contribution in [3.63, 3.8) is 0 Å². The molecule has 4 aliphatic rings. The van der Waals surface area contributed by atoms with Gasteiger partial charge in [0.2, 0.25) is 5.96 Å². The van der Waals surface area contributed by atoms with Crippen LogP contribution in [0.1, 0.15) is 31.4 Å². The van der Waals surface area contributed by atoms with Crippen LogP contribution in [0, 0.1) is 0 Å². The monoisotopic (exact) mass is 379 g/mol. The van der Waals surface area contributed by atoms with E-state index in [1.165, 1.54) is 11.3 Å². The number of ether oxygens (including phenoxy) is 1. The van der Waals surface area contributed by atoms with Crippen molar-refractivity contribution < 1.29 is 4.74 Å². The lowest BCUT2D eigenvalue weighted by Crippen LogP contribution is -2.39. The molecule has 0 bridgehead atoms. The van der Waals surface area contributed by atoms with E-state index in [0.29, 0.717) is 18.5 Å². The Bertz CT molecular complexity index is 952. The Morgan fingerprint density at radius 1 is 1.32 bits per heavy atom. The molecule has 4 heterocycles. The van der Waals surface area contributed by atoms with Crippen molar-refractivity contribution in [1.29, 1.82) is 0 Å². The molecular formula is C20H25N7O. The predicted molar refractivity (Wildman–Crippen MR) is 108 cm³/mol. The predicted octanol–water partition coefficient (Wildman–Crippen LogP) is 1.16. The molecule has 5 rings (SSSR count). The van der Waals surface area contributed by atoms with Crippen molar-refractivity contribution in [3.05, 3.63) is 41.5 Å². The van der Waals surface area contributed by atoms with E-state index in [2.05, 4.69) is 28.0 Å². The van der Waals surface area contributed by atoms with Crippen molar-refractivity contribution in [1.82, 2.24) is 19.7 Å².